The van der Waals surface area contributed by atoms with Crippen molar-refractivity contribution >= 4 is 39.8 Å². The molecule has 1 heterocycles. The van der Waals surface area contributed by atoms with Crippen LogP contribution in [0.5, 0.6) is 0 Å². The van der Waals surface area contributed by atoms with Crippen LogP contribution in [0, 0.1) is 0 Å². The molecule has 3 aromatic rings. The van der Waals surface area contributed by atoms with E-state index in [1.54, 1.807) is 0 Å². The van der Waals surface area contributed by atoms with Gasteiger partial charge in [-0.05, 0) is 36.4 Å². The molecule has 0 unspecified atom stereocenters. The molecule has 2 N–H and O–H groups in total. The maximum absolute atomic E-state index is 5.96. The summed E-state index contributed by atoms with van der Waals surface area (Å²) < 4.78 is 2.15. The van der Waals surface area contributed by atoms with E-state index in [0.29, 0.717) is 23.0 Å². The maximum atomic E-state index is 5.96. The predicted octanol–water partition coefficient (Wildman–Crippen LogP) is 4.03. The van der Waals surface area contributed by atoms with E-state index in [1.807, 2.05) is 42.5 Å². The van der Waals surface area contributed by atoms with Gasteiger partial charge in [-0.3, -0.25) is 0 Å². The number of halogens is 1. The van der Waals surface area contributed by atoms with Crippen molar-refractivity contribution in [1.29, 1.82) is 0 Å². The van der Waals surface area contributed by atoms with Gasteiger partial charge < -0.3 is 10.3 Å². The first-order valence-corrected chi connectivity index (χ1v) is 7.43. The Hall–Kier alpha value is -1.91. The fourth-order valence-corrected chi connectivity index (χ4v) is 2.56. The molecule has 0 fully saturated rings. The molecule has 0 aliphatic heterocycles. The van der Waals surface area contributed by atoms with Gasteiger partial charge in [0.2, 0.25) is 0 Å². The number of nitrogens with zero attached hydrogens (tertiary/aromatic N) is 2. The first kappa shape index (κ1) is 14.0. The molecule has 0 atom stereocenters. The van der Waals surface area contributed by atoms with Crippen molar-refractivity contribution in [2.24, 2.45) is 5.73 Å². The number of benzene rings is 2. The number of hydrogen-bond acceptors (Lipinski definition) is 2. The molecule has 3 rings (SSSR count). The number of aromatic nitrogens is 2. The predicted molar refractivity (Wildman–Crippen MR) is 91.6 cm³/mol. The highest BCUT2D eigenvalue weighted by atomic mass is 35.5. The van der Waals surface area contributed by atoms with Crippen LogP contribution in [0.15, 0.2) is 48.5 Å². The van der Waals surface area contributed by atoms with Gasteiger partial charge in [0.05, 0.1) is 16.0 Å². The monoisotopic (exact) mass is 315 g/mol. The molecule has 21 heavy (non-hydrogen) atoms. The minimum Gasteiger partial charge on any atom is -0.393 e. The molecular formula is C16H14ClN3S. The Morgan fingerprint density at radius 1 is 1.14 bits per heavy atom. The van der Waals surface area contributed by atoms with Crippen molar-refractivity contribution in [3.63, 3.8) is 0 Å². The molecule has 0 amide bonds. The molecule has 5 heteroatoms. The summed E-state index contributed by atoms with van der Waals surface area (Å²) in [6, 6.07) is 15.7. The van der Waals surface area contributed by atoms with E-state index < -0.39 is 0 Å². The average Bonchev–Trinajstić information content (AvgIpc) is 2.84. The third kappa shape index (κ3) is 2.91. The molecule has 3 nitrogen and oxygen atoms in total. The van der Waals surface area contributed by atoms with Crippen molar-refractivity contribution in [2.45, 2.75) is 13.0 Å². The Bertz CT molecular complexity index is 793. The summed E-state index contributed by atoms with van der Waals surface area (Å²) in [7, 11) is 0. The van der Waals surface area contributed by atoms with Gasteiger partial charge in [-0.25, -0.2) is 4.98 Å². The number of rotatable bonds is 4. The topological polar surface area (TPSA) is 43.8 Å². The highest BCUT2D eigenvalue weighted by Crippen LogP contribution is 2.26. The molecule has 0 saturated heterocycles. The smallest absolute Gasteiger partial charge is 0.141 e. The van der Waals surface area contributed by atoms with E-state index in [2.05, 4.69) is 10.6 Å². The summed E-state index contributed by atoms with van der Waals surface area (Å²) in [5.74, 6) is 0.907. The second-order valence-corrected chi connectivity index (χ2v) is 5.76. The molecule has 0 aliphatic carbocycles. The van der Waals surface area contributed by atoms with Gasteiger partial charge in [-0.1, -0.05) is 36.0 Å². The van der Waals surface area contributed by atoms with Crippen LogP contribution in [-0.4, -0.2) is 14.5 Å². The fraction of sp³-hybridized carbons (Fsp3) is 0.125. The summed E-state index contributed by atoms with van der Waals surface area (Å²) in [5.41, 5.74) is 8.71. The van der Waals surface area contributed by atoms with E-state index in [-0.39, 0.29) is 0 Å². The zero-order valence-corrected chi connectivity index (χ0v) is 12.9. The van der Waals surface area contributed by atoms with E-state index in [9.17, 15) is 0 Å². The van der Waals surface area contributed by atoms with Crippen LogP contribution in [0.3, 0.4) is 0 Å². The second kappa shape index (κ2) is 5.84. The van der Waals surface area contributed by atoms with Gasteiger partial charge in [-0.2, -0.15) is 0 Å². The Balaban J connectivity index is 2.13. The summed E-state index contributed by atoms with van der Waals surface area (Å²) in [6.45, 7) is 0.716. The third-order valence-corrected chi connectivity index (χ3v) is 3.79. The Labute approximate surface area is 133 Å². The van der Waals surface area contributed by atoms with Crippen LogP contribution in [0.1, 0.15) is 6.42 Å². The molecule has 0 bridgehead atoms. The fourth-order valence-electron chi connectivity index (χ4n) is 2.34. The molecule has 1 aromatic heterocycles. The van der Waals surface area contributed by atoms with Crippen LogP contribution in [0.2, 0.25) is 5.02 Å². The van der Waals surface area contributed by atoms with Crippen molar-refractivity contribution < 1.29 is 0 Å². The van der Waals surface area contributed by atoms with Crippen molar-refractivity contribution in [3.05, 3.63) is 53.6 Å². The van der Waals surface area contributed by atoms with Crippen LogP contribution in [0.4, 0.5) is 0 Å². The third-order valence-electron chi connectivity index (χ3n) is 3.34. The Kier molecular flexibility index (Phi) is 3.90. The van der Waals surface area contributed by atoms with Gasteiger partial charge >= 0.3 is 0 Å². The van der Waals surface area contributed by atoms with Crippen LogP contribution >= 0.6 is 23.8 Å². The van der Waals surface area contributed by atoms with Crippen LogP contribution in [-0.2, 0) is 6.54 Å². The highest BCUT2D eigenvalue weighted by molar-refractivity contribution is 7.80. The summed E-state index contributed by atoms with van der Waals surface area (Å²) in [6.07, 6.45) is 0.649. The van der Waals surface area contributed by atoms with Gasteiger partial charge in [-0.15, -0.1) is 0 Å². The van der Waals surface area contributed by atoms with E-state index in [0.717, 1.165) is 22.4 Å². The standard InChI is InChI=1S/C16H14ClN3S/c17-12-7-5-11(6-8-12)16-19-13-3-1-2-4-14(13)20(16)10-9-15(18)21/h1-8H,9-10H2,(H2,18,21). The molecule has 0 saturated carbocycles. The number of fused-ring (bicyclic) bond motifs is 1. The number of para-hydroxylation sites is 2. The molecule has 0 spiro atoms. The lowest BCUT2D eigenvalue weighted by Gasteiger charge is -2.09. The van der Waals surface area contributed by atoms with E-state index in [4.69, 9.17) is 34.5 Å². The van der Waals surface area contributed by atoms with Gasteiger partial charge in [0, 0.05) is 23.6 Å². The quantitative estimate of drug-likeness (QED) is 0.739. The Morgan fingerprint density at radius 2 is 1.86 bits per heavy atom. The number of hydrogen-bond donors (Lipinski definition) is 1. The number of thiocarbonyl (C=S) groups is 1. The molecule has 0 aliphatic rings. The highest BCUT2D eigenvalue weighted by Gasteiger charge is 2.12. The largest absolute Gasteiger partial charge is 0.393 e. The summed E-state index contributed by atoms with van der Waals surface area (Å²) in [4.78, 5) is 5.24. The minimum absolute atomic E-state index is 0.509. The maximum Gasteiger partial charge on any atom is 0.141 e. The normalized spacial score (nSPS) is 10.9. The lowest BCUT2D eigenvalue weighted by atomic mass is 10.2. The van der Waals surface area contributed by atoms with Crippen molar-refractivity contribution in [3.8, 4) is 11.4 Å². The zero-order valence-electron chi connectivity index (χ0n) is 11.3. The molecule has 106 valence electrons. The van der Waals surface area contributed by atoms with Crippen molar-refractivity contribution in [2.75, 3.05) is 0 Å². The Morgan fingerprint density at radius 3 is 2.57 bits per heavy atom. The molecule has 2 aromatic carbocycles. The molecular weight excluding hydrogens is 302 g/mol. The molecule has 0 radical (unpaired) electrons. The van der Waals surface area contributed by atoms with Crippen molar-refractivity contribution in [1.82, 2.24) is 9.55 Å². The number of nitrogens with two attached hydrogens (primary N) is 1. The SMILES string of the molecule is NC(=S)CCn1c(-c2ccc(Cl)cc2)nc2ccccc21. The van der Waals surface area contributed by atoms with E-state index in [1.165, 1.54) is 0 Å². The summed E-state index contributed by atoms with van der Waals surface area (Å²) in [5, 5.41) is 0.713. The van der Waals surface area contributed by atoms with Gasteiger partial charge in [0.1, 0.15) is 5.82 Å². The average molecular weight is 316 g/mol. The van der Waals surface area contributed by atoms with Gasteiger partial charge in [0.25, 0.3) is 0 Å². The lowest BCUT2D eigenvalue weighted by molar-refractivity contribution is 0.757. The minimum atomic E-state index is 0.509. The first-order valence-electron chi connectivity index (χ1n) is 6.64. The van der Waals surface area contributed by atoms with Crippen LogP contribution in [0.25, 0.3) is 22.4 Å². The van der Waals surface area contributed by atoms with E-state index >= 15 is 0 Å². The number of aryl methyl sites for hydroxylation is 1. The van der Waals surface area contributed by atoms with Gasteiger partial charge in [0.15, 0.2) is 0 Å². The lowest BCUT2D eigenvalue weighted by Crippen LogP contribution is -2.12. The second-order valence-electron chi connectivity index (χ2n) is 4.80. The van der Waals surface area contributed by atoms with Crippen LogP contribution < -0.4 is 5.73 Å². The summed E-state index contributed by atoms with van der Waals surface area (Å²) >= 11 is 11.0. The first-order chi connectivity index (χ1) is 10.1. The zero-order chi connectivity index (χ0) is 14.8. The number of imidazole rings is 1.